The largest absolute Gasteiger partial charge is 0.479 e. The van der Waals surface area contributed by atoms with Crippen molar-refractivity contribution >= 4 is 23.9 Å². The first-order valence-corrected chi connectivity index (χ1v) is 34.0. The Kier molecular flexibility index (Phi) is 53.8. The van der Waals surface area contributed by atoms with Gasteiger partial charge in [0, 0.05) is 19.3 Å². The molecule has 0 amide bonds. The lowest BCUT2D eigenvalue weighted by Gasteiger charge is -2.40. The summed E-state index contributed by atoms with van der Waals surface area (Å²) in [6.45, 7) is 6.02. The molecule has 1 heterocycles. The molecule has 0 aliphatic carbocycles. The molecule has 0 bridgehead atoms. The quantitative estimate of drug-likeness (QED) is 0.0228. The summed E-state index contributed by atoms with van der Waals surface area (Å²) in [5, 5.41) is 31.6. The highest BCUT2D eigenvalue weighted by Crippen LogP contribution is 2.27. The van der Waals surface area contributed by atoms with Gasteiger partial charge in [-0.3, -0.25) is 14.4 Å². The van der Waals surface area contributed by atoms with Gasteiger partial charge in [-0.05, 0) is 96.3 Å². The van der Waals surface area contributed by atoms with Gasteiger partial charge in [0.15, 0.2) is 24.6 Å². The maximum Gasteiger partial charge on any atom is 0.335 e. The fourth-order valence-corrected chi connectivity index (χ4v) is 10.4. The average molecular weight is 1150 g/mol. The Bertz CT molecular complexity index is 1550. The van der Waals surface area contributed by atoms with E-state index in [1.165, 1.54) is 180 Å². The van der Waals surface area contributed by atoms with Crippen LogP contribution in [0.2, 0.25) is 0 Å². The van der Waals surface area contributed by atoms with Crippen molar-refractivity contribution in [3.63, 3.8) is 0 Å². The van der Waals surface area contributed by atoms with Gasteiger partial charge in [-0.1, -0.05) is 250 Å². The topological polar surface area (TPSA) is 175 Å². The van der Waals surface area contributed by atoms with E-state index < -0.39 is 67.3 Å². The molecule has 1 aliphatic heterocycles. The number of carboxylic acids is 1. The molecule has 12 nitrogen and oxygen atoms in total. The zero-order valence-corrected chi connectivity index (χ0v) is 52.3. The summed E-state index contributed by atoms with van der Waals surface area (Å²) < 4.78 is 28.6. The minimum Gasteiger partial charge on any atom is -0.479 e. The number of hydrogen-bond acceptors (Lipinski definition) is 11. The average Bonchev–Trinajstić information content (AvgIpc) is 3.53. The normalized spacial score (nSPS) is 17.9. The van der Waals surface area contributed by atoms with E-state index in [0.717, 1.165) is 89.9 Å². The summed E-state index contributed by atoms with van der Waals surface area (Å²) in [4.78, 5) is 51.4. The van der Waals surface area contributed by atoms with Crippen LogP contribution in [0.5, 0.6) is 0 Å². The maximum absolute atomic E-state index is 13.2. The number of hydrogen-bond donors (Lipinski definition) is 3. The number of carboxylic acid groups (broad SMARTS) is 1. The fourth-order valence-electron chi connectivity index (χ4n) is 10.4. The third-order valence-corrected chi connectivity index (χ3v) is 15.7. The van der Waals surface area contributed by atoms with Crippen molar-refractivity contribution in [2.75, 3.05) is 13.2 Å². The fraction of sp³-hybridized carbons (Fsp3) is 0.855. The molecule has 0 aromatic carbocycles. The molecule has 6 atom stereocenters. The highest BCUT2D eigenvalue weighted by Gasteiger charge is 2.50. The summed E-state index contributed by atoms with van der Waals surface area (Å²) in [5.41, 5.74) is 0. The lowest BCUT2D eigenvalue weighted by molar-refractivity contribution is -0.301. The zero-order chi connectivity index (χ0) is 58.9. The van der Waals surface area contributed by atoms with Gasteiger partial charge < -0.3 is 39.0 Å². The van der Waals surface area contributed by atoms with Crippen LogP contribution in [0, 0.1) is 0 Å². The molecule has 0 radical (unpaired) electrons. The first-order chi connectivity index (χ1) is 39.6. The number of carbonyl (C=O) groups excluding carboxylic acids is 3. The molecule has 81 heavy (non-hydrogen) atoms. The van der Waals surface area contributed by atoms with Crippen molar-refractivity contribution in [2.24, 2.45) is 0 Å². The van der Waals surface area contributed by atoms with Crippen LogP contribution in [0.1, 0.15) is 329 Å². The molecule has 12 heteroatoms. The molecular weight excluding hydrogens is 1020 g/mol. The highest BCUT2D eigenvalue weighted by atomic mass is 16.7. The van der Waals surface area contributed by atoms with E-state index in [4.69, 9.17) is 23.7 Å². The summed E-state index contributed by atoms with van der Waals surface area (Å²) >= 11 is 0. The maximum atomic E-state index is 13.2. The van der Waals surface area contributed by atoms with Gasteiger partial charge in [-0.15, -0.1) is 0 Å². The second kappa shape index (κ2) is 57.4. The molecular formula is C69H124O12. The van der Waals surface area contributed by atoms with Gasteiger partial charge in [0.2, 0.25) is 0 Å². The molecule has 6 unspecified atom stereocenters. The van der Waals surface area contributed by atoms with E-state index in [1.54, 1.807) is 0 Å². The van der Waals surface area contributed by atoms with E-state index in [9.17, 15) is 34.5 Å². The third-order valence-electron chi connectivity index (χ3n) is 15.7. The second-order valence-electron chi connectivity index (χ2n) is 23.5. The predicted octanol–water partition coefficient (Wildman–Crippen LogP) is 18.4. The van der Waals surface area contributed by atoms with E-state index >= 15 is 0 Å². The third kappa shape index (κ3) is 46.9. The Morgan fingerprint density at radius 2 is 0.704 bits per heavy atom. The van der Waals surface area contributed by atoms with E-state index in [1.807, 2.05) is 0 Å². The lowest BCUT2D eigenvalue weighted by atomic mass is 9.98. The van der Waals surface area contributed by atoms with Gasteiger partial charge in [-0.25, -0.2) is 4.79 Å². The Hall–Kier alpha value is -3.06. The van der Waals surface area contributed by atoms with Crippen LogP contribution in [0.4, 0.5) is 0 Å². The number of esters is 3. The molecule has 1 saturated heterocycles. The zero-order valence-electron chi connectivity index (χ0n) is 52.3. The molecule has 1 aliphatic rings. The van der Waals surface area contributed by atoms with Crippen LogP contribution in [0.25, 0.3) is 0 Å². The van der Waals surface area contributed by atoms with Crippen LogP contribution in [-0.2, 0) is 42.9 Å². The number of aliphatic hydroxyl groups is 2. The van der Waals surface area contributed by atoms with Crippen LogP contribution in [0.15, 0.2) is 36.5 Å². The summed E-state index contributed by atoms with van der Waals surface area (Å²) in [5.74, 6) is -3.11. The van der Waals surface area contributed by atoms with Gasteiger partial charge in [0.05, 0.1) is 6.61 Å². The van der Waals surface area contributed by atoms with Crippen molar-refractivity contribution in [3.8, 4) is 0 Å². The molecule has 472 valence electrons. The Labute approximate surface area is 495 Å². The van der Waals surface area contributed by atoms with Crippen LogP contribution in [0.3, 0.4) is 0 Å². The number of aliphatic carboxylic acids is 1. The molecule has 3 N–H and O–H groups in total. The molecule has 0 aromatic rings. The van der Waals surface area contributed by atoms with Crippen LogP contribution in [-0.4, -0.2) is 89.2 Å². The molecule has 1 rings (SSSR count). The van der Waals surface area contributed by atoms with Crippen LogP contribution >= 0.6 is 0 Å². The standard InChI is InChI=1S/C69H124O12/c1-4-7-10-13-16-19-22-25-28-30-31-33-35-37-40-43-46-49-52-55-61(70)77-58-60(79-62(71)56-53-50-47-44-41-39-36-32-29-26-23-20-17-14-11-8-5-2)59-78-69-67(65(74)64(73)66(81-69)68(75)76)80-63(72)57-54-51-48-45-42-38-34-27-24-21-18-15-12-9-6-3/h25-29,34,60,64-67,69,73-74H,4-24,30-33,35-59H2,1-3H3,(H,75,76)/b28-25-,29-26-,34-27-. The Morgan fingerprint density at radius 3 is 1.05 bits per heavy atom. The minimum absolute atomic E-state index is 0.0530. The number of rotatable bonds is 59. The van der Waals surface area contributed by atoms with Gasteiger partial charge in [0.1, 0.15) is 18.8 Å². The van der Waals surface area contributed by atoms with Crippen molar-refractivity contribution in [1.29, 1.82) is 0 Å². The lowest BCUT2D eigenvalue weighted by Crippen LogP contribution is -2.61. The SMILES string of the molecule is CCCCCCCC/C=C\CCCCCCCCCCCC(=O)OCC(COC1OC(C(=O)O)C(O)C(O)C1OC(=O)CCCCCCC/C=C\CCCCCCCC)OC(=O)CCCCCCCCC/C=C\CCCCCCCC. The molecule has 0 aromatic heterocycles. The number of allylic oxidation sites excluding steroid dienone is 6. The second-order valence-corrected chi connectivity index (χ2v) is 23.5. The van der Waals surface area contributed by atoms with Gasteiger partial charge in [0.25, 0.3) is 0 Å². The highest BCUT2D eigenvalue weighted by molar-refractivity contribution is 5.74. The molecule has 1 fully saturated rings. The molecule has 0 saturated carbocycles. The Morgan fingerprint density at radius 1 is 0.395 bits per heavy atom. The van der Waals surface area contributed by atoms with E-state index in [2.05, 4.69) is 57.2 Å². The predicted molar refractivity (Wildman–Crippen MR) is 331 cm³/mol. The Balaban J connectivity index is 2.64. The first kappa shape index (κ1) is 76.0. The van der Waals surface area contributed by atoms with E-state index in [0.29, 0.717) is 19.3 Å². The van der Waals surface area contributed by atoms with E-state index in [-0.39, 0.29) is 25.9 Å². The van der Waals surface area contributed by atoms with Crippen molar-refractivity contribution in [2.45, 2.75) is 366 Å². The van der Waals surface area contributed by atoms with Crippen molar-refractivity contribution in [3.05, 3.63) is 36.5 Å². The van der Waals surface area contributed by atoms with Crippen molar-refractivity contribution in [1.82, 2.24) is 0 Å². The number of aliphatic hydroxyl groups excluding tert-OH is 2. The number of carbonyl (C=O) groups is 4. The van der Waals surface area contributed by atoms with Gasteiger partial charge in [-0.2, -0.15) is 0 Å². The smallest absolute Gasteiger partial charge is 0.335 e. The number of unbranched alkanes of at least 4 members (excludes halogenated alkanes) is 39. The van der Waals surface area contributed by atoms with Gasteiger partial charge >= 0.3 is 23.9 Å². The molecule has 0 spiro atoms. The minimum atomic E-state index is -1.90. The summed E-state index contributed by atoms with van der Waals surface area (Å²) in [7, 11) is 0. The monoisotopic (exact) mass is 1140 g/mol. The number of ether oxygens (including phenoxy) is 5. The van der Waals surface area contributed by atoms with Crippen LogP contribution < -0.4 is 0 Å². The summed E-state index contributed by atoms with van der Waals surface area (Å²) in [6.07, 6.45) is 56.7. The summed E-state index contributed by atoms with van der Waals surface area (Å²) in [6, 6.07) is 0. The van der Waals surface area contributed by atoms with Crippen molar-refractivity contribution < 1.29 is 58.2 Å². The first-order valence-electron chi connectivity index (χ1n) is 34.0.